The van der Waals surface area contributed by atoms with E-state index in [1.54, 1.807) is 11.3 Å². The molecule has 0 aliphatic heterocycles. The molecule has 0 unspecified atom stereocenters. The molecule has 0 saturated heterocycles. The highest BCUT2D eigenvalue weighted by Gasteiger charge is 2.34. The van der Waals surface area contributed by atoms with E-state index in [0.717, 1.165) is 31.8 Å². The fourth-order valence-electron chi connectivity index (χ4n) is 2.07. The molecule has 106 valence electrons. The smallest absolute Gasteiger partial charge is 0.191 e. The molecule has 0 spiro atoms. The van der Waals surface area contributed by atoms with Crippen LogP contribution in [0.25, 0.3) is 0 Å². The topological polar surface area (TPSA) is 56.7 Å². The minimum absolute atomic E-state index is 0.519. The number of aryl methyl sites for hydroxylation is 1. The Morgan fingerprint density at radius 3 is 2.79 bits per heavy atom. The third-order valence-corrected chi connectivity index (χ3v) is 4.57. The molecule has 2 rings (SSSR count). The lowest BCUT2D eigenvalue weighted by atomic mass is 9.80. The minimum Gasteiger partial charge on any atom is -0.388 e. The molecule has 1 aromatic rings. The number of guanidine groups is 1. The van der Waals surface area contributed by atoms with E-state index in [1.807, 2.05) is 6.92 Å². The van der Waals surface area contributed by atoms with Gasteiger partial charge in [-0.1, -0.05) is 0 Å². The van der Waals surface area contributed by atoms with Gasteiger partial charge in [0, 0.05) is 18.0 Å². The maximum atomic E-state index is 10.1. The van der Waals surface area contributed by atoms with E-state index in [2.05, 4.69) is 34.0 Å². The lowest BCUT2D eigenvalue weighted by molar-refractivity contribution is -0.0279. The monoisotopic (exact) mass is 281 g/mol. The second kappa shape index (κ2) is 6.39. The van der Waals surface area contributed by atoms with Crippen molar-refractivity contribution in [2.75, 3.05) is 13.1 Å². The maximum Gasteiger partial charge on any atom is 0.191 e. The third kappa shape index (κ3) is 3.94. The van der Waals surface area contributed by atoms with E-state index in [0.29, 0.717) is 13.1 Å². The predicted octanol–water partition coefficient (Wildman–Crippen LogP) is 2.03. The molecule has 0 atom stereocenters. The van der Waals surface area contributed by atoms with E-state index >= 15 is 0 Å². The van der Waals surface area contributed by atoms with Gasteiger partial charge in [0.2, 0.25) is 0 Å². The molecule has 0 radical (unpaired) electrons. The second-order valence-electron chi connectivity index (χ2n) is 5.15. The normalized spacial score (nSPS) is 17.9. The average molecular weight is 281 g/mol. The standard InChI is InChI=1S/C14H23N3OS/c1-3-15-13(17-10-14(18)6-4-7-14)16-9-12-11(2)5-8-19-12/h5,8,18H,3-4,6-7,9-10H2,1-2H3,(H2,15,16,17). The first kappa shape index (κ1) is 14.3. The summed E-state index contributed by atoms with van der Waals surface area (Å²) < 4.78 is 0. The van der Waals surface area contributed by atoms with Crippen LogP contribution in [0.15, 0.2) is 16.4 Å². The Morgan fingerprint density at radius 2 is 2.26 bits per heavy atom. The van der Waals surface area contributed by atoms with Crippen molar-refractivity contribution in [3.05, 3.63) is 21.9 Å². The van der Waals surface area contributed by atoms with Crippen LogP contribution in [0.2, 0.25) is 0 Å². The van der Waals surface area contributed by atoms with E-state index in [9.17, 15) is 5.11 Å². The van der Waals surface area contributed by atoms with Crippen LogP contribution in [-0.2, 0) is 6.54 Å². The summed E-state index contributed by atoms with van der Waals surface area (Å²) in [5.41, 5.74) is 0.775. The predicted molar refractivity (Wildman–Crippen MR) is 80.7 cm³/mol. The fraction of sp³-hybridized carbons (Fsp3) is 0.643. The third-order valence-electron chi connectivity index (χ3n) is 3.56. The summed E-state index contributed by atoms with van der Waals surface area (Å²) in [7, 11) is 0. The molecule has 1 aromatic heterocycles. The zero-order valence-electron chi connectivity index (χ0n) is 11.7. The van der Waals surface area contributed by atoms with Crippen molar-refractivity contribution in [2.24, 2.45) is 4.99 Å². The van der Waals surface area contributed by atoms with Gasteiger partial charge in [-0.25, -0.2) is 4.99 Å². The van der Waals surface area contributed by atoms with Gasteiger partial charge in [0.1, 0.15) is 0 Å². The van der Waals surface area contributed by atoms with Crippen LogP contribution in [0.1, 0.15) is 36.6 Å². The Bertz CT molecular complexity index is 438. The van der Waals surface area contributed by atoms with Crippen LogP contribution in [-0.4, -0.2) is 29.8 Å². The van der Waals surface area contributed by atoms with E-state index in [4.69, 9.17) is 0 Å². The summed E-state index contributed by atoms with van der Waals surface area (Å²) >= 11 is 1.74. The van der Waals surface area contributed by atoms with E-state index in [1.165, 1.54) is 10.4 Å². The van der Waals surface area contributed by atoms with Crippen LogP contribution >= 0.6 is 11.3 Å². The van der Waals surface area contributed by atoms with Crippen LogP contribution in [0, 0.1) is 6.92 Å². The number of hydrogen-bond acceptors (Lipinski definition) is 3. The lowest BCUT2D eigenvalue weighted by Crippen LogP contribution is -2.50. The van der Waals surface area contributed by atoms with Crippen molar-refractivity contribution in [3.63, 3.8) is 0 Å². The Kier molecular flexibility index (Phi) is 4.82. The van der Waals surface area contributed by atoms with Gasteiger partial charge in [-0.2, -0.15) is 0 Å². The summed E-state index contributed by atoms with van der Waals surface area (Å²) in [6.07, 6.45) is 2.91. The van der Waals surface area contributed by atoms with Crippen LogP contribution in [0.3, 0.4) is 0 Å². The van der Waals surface area contributed by atoms with Crippen molar-refractivity contribution in [1.82, 2.24) is 10.6 Å². The lowest BCUT2D eigenvalue weighted by Gasteiger charge is -2.36. The highest BCUT2D eigenvalue weighted by Crippen LogP contribution is 2.30. The fourth-order valence-corrected chi connectivity index (χ4v) is 2.90. The zero-order valence-corrected chi connectivity index (χ0v) is 12.5. The number of thiophene rings is 1. The first-order valence-corrected chi connectivity index (χ1v) is 7.78. The van der Waals surface area contributed by atoms with Crippen LogP contribution < -0.4 is 10.6 Å². The molecule has 0 amide bonds. The molecule has 1 heterocycles. The summed E-state index contributed by atoms with van der Waals surface area (Å²) in [5.74, 6) is 0.788. The number of nitrogens with one attached hydrogen (secondary N) is 2. The number of aliphatic imine (C=N–C) groups is 1. The van der Waals surface area contributed by atoms with Crippen molar-refractivity contribution in [1.29, 1.82) is 0 Å². The minimum atomic E-state index is -0.519. The molecule has 1 saturated carbocycles. The van der Waals surface area contributed by atoms with E-state index < -0.39 is 5.60 Å². The Balaban J connectivity index is 1.89. The molecule has 0 aromatic carbocycles. The number of nitrogens with zero attached hydrogens (tertiary/aromatic N) is 1. The summed E-state index contributed by atoms with van der Waals surface area (Å²) in [5, 5.41) is 18.6. The highest BCUT2D eigenvalue weighted by molar-refractivity contribution is 7.10. The molecule has 1 aliphatic carbocycles. The Labute approximate surface area is 119 Å². The molecular weight excluding hydrogens is 258 g/mol. The molecule has 1 fully saturated rings. The van der Waals surface area contributed by atoms with Gasteiger partial charge in [0.15, 0.2) is 5.96 Å². The molecular formula is C14H23N3OS. The number of rotatable bonds is 5. The van der Waals surface area contributed by atoms with Crippen molar-refractivity contribution >= 4 is 17.3 Å². The first-order valence-electron chi connectivity index (χ1n) is 6.90. The first-order chi connectivity index (χ1) is 9.13. The molecule has 4 nitrogen and oxygen atoms in total. The van der Waals surface area contributed by atoms with Gasteiger partial charge < -0.3 is 15.7 Å². The molecule has 3 N–H and O–H groups in total. The van der Waals surface area contributed by atoms with Gasteiger partial charge in [0.25, 0.3) is 0 Å². The number of aliphatic hydroxyl groups is 1. The molecule has 1 aliphatic rings. The molecule has 0 bridgehead atoms. The van der Waals surface area contributed by atoms with Gasteiger partial charge >= 0.3 is 0 Å². The van der Waals surface area contributed by atoms with E-state index in [-0.39, 0.29) is 0 Å². The van der Waals surface area contributed by atoms with Crippen molar-refractivity contribution < 1.29 is 5.11 Å². The zero-order chi connectivity index (χ0) is 13.7. The summed E-state index contributed by atoms with van der Waals surface area (Å²) in [4.78, 5) is 5.86. The second-order valence-corrected chi connectivity index (χ2v) is 6.15. The SMILES string of the molecule is CCNC(=NCc1sccc1C)NCC1(O)CCC1. The Morgan fingerprint density at radius 1 is 1.47 bits per heavy atom. The van der Waals surface area contributed by atoms with Gasteiger partial charge in [0.05, 0.1) is 12.1 Å². The molecule has 19 heavy (non-hydrogen) atoms. The van der Waals surface area contributed by atoms with Crippen LogP contribution in [0.4, 0.5) is 0 Å². The average Bonchev–Trinajstić information content (AvgIpc) is 2.76. The van der Waals surface area contributed by atoms with Gasteiger partial charge in [-0.05, 0) is 50.1 Å². The largest absolute Gasteiger partial charge is 0.388 e. The van der Waals surface area contributed by atoms with Crippen molar-refractivity contribution in [3.8, 4) is 0 Å². The molecule has 5 heteroatoms. The van der Waals surface area contributed by atoms with Gasteiger partial charge in [-0.3, -0.25) is 0 Å². The maximum absolute atomic E-state index is 10.1. The quantitative estimate of drug-likeness (QED) is 0.572. The van der Waals surface area contributed by atoms with Gasteiger partial charge in [-0.15, -0.1) is 11.3 Å². The summed E-state index contributed by atoms with van der Waals surface area (Å²) in [6.45, 7) is 6.26. The van der Waals surface area contributed by atoms with Crippen LogP contribution in [0.5, 0.6) is 0 Å². The Hall–Kier alpha value is -1.07. The number of hydrogen-bond donors (Lipinski definition) is 3. The summed E-state index contributed by atoms with van der Waals surface area (Å²) in [6, 6.07) is 2.12. The highest BCUT2D eigenvalue weighted by atomic mass is 32.1. The van der Waals surface area contributed by atoms with Crippen molar-refractivity contribution in [2.45, 2.75) is 45.3 Å².